The molecule has 98 valence electrons. The van der Waals surface area contributed by atoms with Crippen molar-refractivity contribution in [2.24, 2.45) is 0 Å². The van der Waals surface area contributed by atoms with Gasteiger partial charge in [-0.2, -0.15) is 0 Å². The Hall–Kier alpha value is -2.30. The third kappa shape index (κ3) is 2.59. The van der Waals surface area contributed by atoms with Crippen LogP contribution in [0.4, 0.5) is 4.39 Å². The lowest BCUT2D eigenvalue weighted by atomic mass is 10.1. The Morgan fingerprint density at radius 2 is 1.95 bits per heavy atom. The standard InChI is InChI=1S/C14H13FN2O2/c1-3-9-4-6-10(7-5-9)12-11(15)13(14(18)19-2)17-8-16-12/h4-8H,3H2,1-2H3. The summed E-state index contributed by atoms with van der Waals surface area (Å²) >= 11 is 0. The van der Waals surface area contributed by atoms with Gasteiger partial charge in [0.15, 0.2) is 11.5 Å². The number of hydrogen-bond acceptors (Lipinski definition) is 4. The van der Waals surface area contributed by atoms with Crippen LogP contribution in [-0.2, 0) is 11.2 Å². The summed E-state index contributed by atoms with van der Waals surface area (Å²) in [7, 11) is 1.18. The van der Waals surface area contributed by atoms with Gasteiger partial charge in [0.2, 0.25) is 0 Å². The molecule has 19 heavy (non-hydrogen) atoms. The van der Waals surface area contributed by atoms with Crippen LogP contribution in [0.1, 0.15) is 23.0 Å². The summed E-state index contributed by atoms with van der Waals surface area (Å²) in [5.74, 6) is -1.58. The highest BCUT2D eigenvalue weighted by atomic mass is 19.1. The Kier molecular flexibility index (Phi) is 3.85. The summed E-state index contributed by atoms with van der Waals surface area (Å²) in [5.41, 5.74) is 1.48. The third-order valence-corrected chi connectivity index (χ3v) is 2.80. The number of aromatic nitrogens is 2. The minimum atomic E-state index is -0.814. The van der Waals surface area contributed by atoms with Gasteiger partial charge < -0.3 is 4.74 Å². The molecule has 0 aliphatic rings. The van der Waals surface area contributed by atoms with E-state index in [4.69, 9.17) is 0 Å². The predicted molar refractivity (Wildman–Crippen MR) is 68.1 cm³/mol. The number of aryl methyl sites for hydroxylation is 1. The monoisotopic (exact) mass is 260 g/mol. The molecule has 0 atom stereocenters. The van der Waals surface area contributed by atoms with Gasteiger partial charge in [-0.25, -0.2) is 19.2 Å². The normalized spacial score (nSPS) is 10.3. The fourth-order valence-electron chi connectivity index (χ4n) is 1.71. The number of benzene rings is 1. The summed E-state index contributed by atoms with van der Waals surface area (Å²) < 4.78 is 18.6. The minimum absolute atomic E-state index is 0.0954. The van der Waals surface area contributed by atoms with E-state index in [2.05, 4.69) is 14.7 Å². The van der Waals surface area contributed by atoms with E-state index in [1.165, 1.54) is 7.11 Å². The van der Waals surface area contributed by atoms with E-state index < -0.39 is 11.8 Å². The first-order valence-electron chi connectivity index (χ1n) is 5.85. The number of halogens is 1. The zero-order chi connectivity index (χ0) is 13.8. The Morgan fingerprint density at radius 3 is 2.53 bits per heavy atom. The first-order chi connectivity index (χ1) is 9.17. The van der Waals surface area contributed by atoms with Crippen LogP contribution in [0.2, 0.25) is 0 Å². The van der Waals surface area contributed by atoms with Gasteiger partial charge in [0, 0.05) is 5.56 Å². The van der Waals surface area contributed by atoms with E-state index >= 15 is 0 Å². The van der Waals surface area contributed by atoms with Crippen molar-refractivity contribution in [2.45, 2.75) is 13.3 Å². The summed E-state index contributed by atoms with van der Waals surface area (Å²) in [6, 6.07) is 7.33. The van der Waals surface area contributed by atoms with Gasteiger partial charge in [0.1, 0.15) is 12.0 Å². The summed E-state index contributed by atoms with van der Waals surface area (Å²) in [6.45, 7) is 2.04. The van der Waals surface area contributed by atoms with Gasteiger partial charge in [-0.05, 0) is 12.0 Å². The smallest absolute Gasteiger partial charge is 0.359 e. The molecule has 1 aromatic carbocycles. The number of rotatable bonds is 3. The van der Waals surface area contributed by atoms with E-state index in [-0.39, 0.29) is 11.4 Å². The Balaban J connectivity index is 2.47. The molecule has 2 aromatic rings. The van der Waals surface area contributed by atoms with Crippen LogP contribution in [0, 0.1) is 5.82 Å². The molecule has 0 N–H and O–H groups in total. The van der Waals surface area contributed by atoms with Crippen LogP contribution in [0.25, 0.3) is 11.3 Å². The van der Waals surface area contributed by atoms with Crippen LogP contribution >= 0.6 is 0 Å². The number of ether oxygens (including phenoxy) is 1. The molecule has 1 heterocycles. The SMILES string of the molecule is CCc1ccc(-c2ncnc(C(=O)OC)c2F)cc1. The number of methoxy groups -OCH3 is 1. The van der Waals surface area contributed by atoms with E-state index in [0.29, 0.717) is 5.56 Å². The van der Waals surface area contributed by atoms with Crippen LogP contribution in [0.15, 0.2) is 30.6 Å². The molecule has 5 heteroatoms. The number of nitrogens with zero attached hydrogens (tertiary/aromatic N) is 2. The van der Waals surface area contributed by atoms with Crippen molar-refractivity contribution in [1.82, 2.24) is 9.97 Å². The summed E-state index contributed by atoms with van der Waals surface area (Å²) in [4.78, 5) is 18.9. The topological polar surface area (TPSA) is 52.1 Å². The molecule has 0 amide bonds. The van der Waals surface area contributed by atoms with Crippen molar-refractivity contribution >= 4 is 5.97 Å². The summed E-state index contributed by atoms with van der Waals surface area (Å²) in [6.07, 6.45) is 2.05. The highest BCUT2D eigenvalue weighted by Crippen LogP contribution is 2.22. The Morgan fingerprint density at radius 1 is 1.26 bits per heavy atom. The lowest BCUT2D eigenvalue weighted by Gasteiger charge is -2.06. The second kappa shape index (κ2) is 5.56. The average molecular weight is 260 g/mol. The van der Waals surface area contributed by atoms with E-state index in [1.54, 1.807) is 12.1 Å². The van der Waals surface area contributed by atoms with Crippen molar-refractivity contribution in [1.29, 1.82) is 0 Å². The Labute approximate surface area is 110 Å². The molecule has 0 saturated carbocycles. The maximum Gasteiger partial charge on any atom is 0.359 e. The molecule has 4 nitrogen and oxygen atoms in total. The molecule has 0 saturated heterocycles. The highest BCUT2D eigenvalue weighted by molar-refractivity contribution is 5.88. The van der Waals surface area contributed by atoms with Gasteiger partial charge in [0.25, 0.3) is 0 Å². The van der Waals surface area contributed by atoms with E-state index in [1.807, 2.05) is 19.1 Å². The molecule has 0 aliphatic heterocycles. The molecular weight excluding hydrogens is 247 g/mol. The lowest BCUT2D eigenvalue weighted by Crippen LogP contribution is -2.09. The number of carbonyl (C=O) groups excluding carboxylic acids is 1. The van der Waals surface area contributed by atoms with Crippen LogP contribution in [0.3, 0.4) is 0 Å². The van der Waals surface area contributed by atoms with Crippen molar-refractivity contribution in [3.63, 3.8) is 0 Å². The largest absolute Gasteiger partial charge is 0.464 e. The van der Waals surface area contributed by atoms with Crippen LogP contribution in [0.5, 0.6) is 0 Å². The third-order valence-electron chi connectivity index (χ3n) is 2.80. The van der Waals surface area contributed by atoms with Gasteiger partial charge in [0.05, 0.1) is 7.11 Å². The average Bonchev–Trinajstić information content (AvgIpc) is 2.47. The molecule has 2 rings (SSSR count). The van der Waals surface area contributed by atoms with Crippen LogP contribution < -0.4 is 0 Å². The van der Waals surface area contributed by atoms with Gasteiger partial charge in [-0.1, -0.05) is 31.2 Å². The minimum Gasteiger partial charge on any atom is -0.464 e. The van der Waals surface area contributed by atoms with Crippen molar-refractivity contribution in [3.05, 3.63) is 47.7 Å². The van der Waals surface area contributed by atoms with Gasteiger partial charge >= 0.3 is 5.97 Å². The second-order valence-electron chi connectivity index (χ2n) is 3.93. The molecule has 1 aromatic heterocycles. The molecule has 0 fully saturated rings. The molecular formula is C14H13FN2O2. The zero-order valence-electron chi connectivity index (χ0n) is 10.7. The van der Waals surface area contributed by atoms with Crippen molar-refractivity contribution in [2.75, 3.05) is 7.11 Å². The number of esters is 1. The number of hydrogen-bond donors (Lipinski definition) is 0. The van der Waals surface area contributed by atoms with E-state index in [9.17, 15) is 9.18 Å². The zero-order valence-corrected chi connectivity index (χ0v) is 10.7. The number of carbonyl (C=O) groups is 1. The maximum atomic E-state index is 14.2. The fourth-order valence-corrected chi connectivity index (χ4v) is 1.71. The Bertz CT molecular complexity index is 597. The quantitative estimate of drug-likeness (QED) is 0.796. The first kappa shape index (κ1) is 13.1. The molecule has 0 bridgehead atoms. The van der Waals surface area contributed by atoms with Crippen LogP contribution in [-0.4, -0.2) is 23.0 Å². The second-order valence-corrected chi connectivity index (χ2v) is 3.93. The maximum absolute atomic E-state index is 14.2. The molecule has 0 spiro atoms. The van der Waals surface area contributed by atoms with E-state index in [0.717, 1.165) is 18.3 Å². The van der Waals surface area contributed by atoms with Crippen molar-refractivity contribution < 1.29 is 13.9 Å². The predicted octanol–water partition coefficient (Wildman–Crippen LogP) is 2.63. The first-order valence-corrected chi connectivity index (χ1v) is 5.85. The lowest BCUT2D eigenvalue weighted by molar-refractivity contribution is 0.0588. The van der Waals surface area contributed by atoms with Gasteiger partial charge in [-0.3, -0.25) is 0 Å². The fraction of sp³-hybridized carbons (Fsp3) is 0.214. The van der Waals surface area contributed by atoms with Gasteiger partial charge in [-0.15, -0.1) is 0 Å². The summed E-state index contributed by atoms with van der Waals surface area (Å²) in [5, 5.41) is 0. The molecule has 0 unspecified atom stereocenters. The van der Waals surface area contributed by atoms with Crippen molar-refractivity contribution in [3.8, 4) is 11.3 Å². The molecule has 0 radical (unpaired) electrons. The highest BCUT2D eigenvalue weighted by Gasteiger charge is 2.19. The molecule has 0 aliphatic carbocycles.